The van der Waals surface area contributed by atoms with Gasteiger partial charge in [0.1, 0.15) is 5.82 Å². The van der Waals surface area contributed by atoms with Gasteiger partial charge >= 0.3 is 0 Å². The van der Waals surface area contributed by atoms with Gasteiger partial charge in [-0.15, -0.1) is 0 Å². The SMILES string of the molecule is O=C(NS(=O)(=O)c1ccccc1)c1cccc(F)c1I. The number of nitrogens with one attached hydrogen (secondary N) is 1. The Balaban J connectivity index is 2.31. The number of hydrogen-bond acceptors (Lipinski definition) is 3. The van der Waals surface area contributed by atoms with Gasteiger partial charge in [0.25, 0.3) is 15.9 Å². The molecule has 0 atom stereocenters. The van der Waals surface area contributed by atoms with Crippen LogP contribution in [0.3, 0.4) is 0 Å². The minimum Gasteiger partial charge on any atom is -0.268 e. The average Bonchev–Trinajstić information content (AvgIpc) is 2.42. The van der Waals surface area contributed by atoms with E-state index in [1.54, 1.807) is 40.8 Å². The summed E-state index contributed by atoms with van der Waals surface area (Å²) in [6.07, 6.45) is 0. The molecular weight excluding hydrogens is 396 g/mol. The van der Waals surface area contributed by atoms with Crippen LogP contribution in [0.5, 0.6) is 0 Å². The van der Waals surface area contributed by atoms with E-state index >= 15 is 0 Å². The number of benzene rings is 2. The van der Waals surface area contributed by atoms with Gasteiger partial charge in [0, 0.05) is 0 Å². The molecule has 4 nitrogen and oxygen atoms in total. The highest BCUT2D eigenvalue weighted by atomic mass is 127. The molecule has 0 saturated carbocycles. The van der Waals surface area contributed by atoms with Gasteiger partial charge in [-0.05, 0) is 46.9 Å². The zero-order chi connectivity index (χ0) is 14.8. The van der Waals surface area contributed by atoms with Gasteiger partial charge in [0.2, 0.25) is 0 Å². The van der Waals surface area contributed by atoms with Crippen LogP contribution in [0.1, 0.15) is 10.4 Å². The molecule has 2 aromatic carbocycles. The van der Waals surface area contributed by atoms with Crippen molar-refractivity contribution in [3.8, 4) is 0 Å². The predicted octanol–water partition coefficient (Wildman–Crippen LogP) is 2.55. The Morgan fingerprint density at radius 3 is 2.35 bits per heavy atom. The Morgan fingerprint density at radius 1 is 1.05 bits per heavy atom. The Labute approximate surface area is 129 Å². The highest BCUT2D eigenvalue weighted by Gasteiger charge is 2.20. The van der Waals surface area contributed by atoms with Crippen molar-refractivity contribution >= 4 is 38.5 Å². The largest absolute Gasteiger partial charge is 0.268 e. The first kappa shape index (κ1) is 14.9. The Kier molecular flexibility index (Phi) is 4.39. The molecule has 0 bridgehead atoms. The highest BCUT2D eigenvalue weighted by molar-refractivity contribution is 14.1. The van der Waals surface area contributed by atoms with E-state index in [0.717, 1.165) is 0 Å². The minimum atomic E-state index is -3.96. The fourth-order valence-electron chi connectivity index (χ4n) is 1.51. The molecule has 0 unspecified atom stereocenters. The van der Waals surface area contributed by atoms with Gasteiger partial charge in [-0.25, -0.2) is 17.5 Å². The summed E-state index contributed by atoms with van der Waals surface area (Å²) < 4.78 is 39.3. The van der Waals surface area contributed by atoms with Gasteiger partial charge in [0.05, 0.1) is 14.0 Å². The third kappa shape index (κ3) is 3.15. The quantitative estimate of drug-likeness (QED) is 0.799. The topological polar surface area (TPSA) is 63.2 Å². The molecule has 1 amide bonds. The first-order valence-corrected chi connectivity index (χ1v) is 8.04. The van der Waals surface area contributed by atoms with E-state index in [4.69, 9.17) is 0 Å². The first-order valence-electron chi connectivity index (χ1n) is 5.48. The molecule has 104 valence electrons. The van der Waals surface area contributed by atoms with Gasteiger partial charge in [-0.1, -0.05) is 24.3 Å². The summed E-state index contributed by atoms with van der Waals surface area (Å²) in [6.45, 7) is 0. The van der Waals surface area contributed by atoms with E-state index in [1.165, 1.54) is 30.3 Å². The molecule has 0 aliphatic rings. The first-order chi connectivity index (χ1) is 9.42. The monoisotopic (exact) mass is 405 g/mol. The fraction of sp³-hybridized carbons (Fsp3) is 0. The molecule has 0 aliphatic heterocycles. The zero-order valence-electron chi connectivity index (χ0n) is 10.0. The predicted molar refractivity (Wildman–Crippen MR) is 80.2 cm³/mol. The summed E-state index contributed by atoms with van der Waals surface area (Å²) in [5.41, 5.74) is -0.0230. The molecule has 7 heteroatoms. The van der Waals surface area contributed by atoms with E-state index in [-0.39, 0.29) is 14.0 Å². The van der Waals surface area contributed by atoms with E-state index in [1.807, 2.05) is 4.72 Å². The highest BCUT2D eigenvalue weighted by Crippen LogP contribution is 2.17. The summed E-state index contributed by atoms with van der Waals surface area (Å²) in [6, 6.07) is 11.4. The van der Waals surface area contributed by atoms with Gasteiger partial charge in [0.15, 0.2) is 0 Å². The summed E-state index contributed by atoms with van der Waals surface area (Å²) in [5, 5.41) is 0. The second kappa shape index (κ2) is 5.88. The van der Waals surface area contributed by atoms with Gasteiger partial charge in [-0.2, -0.15) is 0 Å². The molecule has 2 aromatic rings. The Bertz CT molecular complexity index is 747. The van der Waals surface area contributed by atoms with E-state index in [2.05, 4.69) is 0 Å². The molecule has 0 radical (unpaired) electrons. The molecule has 0 aliphatic carbocycles. The molecular formula is C13H9FINO3S. The lowest BCUT2D eigenvalue weighted by atomic mass is 10.2. The molecule has 0 fully saturated rings. The fourth-order valence-corrected chi connectivity index (χ4v) is 3.11. The van der Waals surface area contributed by atoms with Crippen molar-refractivity contribution < 1.29 is 17.6 Å². The molecule has 1 N–H and O–H groups in total. The van der Waals surface area contributed by atoms with Crippen LogP contribution in [-0.2, 0) is 10.0 Å². The van der Waals surface area contributed by atoms with Crippen molar-refractivity contribution in [1.29, 1.82) is 0 Å². The van der Waals surface area contributed by atoms with Crippen LogP contribution in [0, 0.1) is 9.39 Å². The van der Waals surface area contributed by atoms with E-state index in [0.29, 0.717) is 0 Å². The lowest BCUT2D eigenvalue weighted by Crippen LogP contribution is -2.31. The molecule has 2 rings (SSSR count). The zero-order valence-corrected chi connectivity index (χ0v) is 13.0. The van der Waals surface area contributed by atoms with Crippen LogP contribution in [0.4, 0.5) is 4.39 Å². The van der Waals surface area contributed by atoms with Crippen molar-refractivity contribution in [3.05, 3.63) is 63.5 Å². The molecule has 20 heavy (non-hydrogen) atoms. The molecule has 0 aromatic heterocycles. The van der Waals surface area contributed by atoms with Crippen LogP contribution in [-0.4, -0.2) is 14.3 Å². The summed E-state index contributed by atoms with van der Waals surface area (Å²) in [7, 11) is -3.96. The molecule has 0 spiro atoms. The smallest absolute Gasteiger partial charge is 0.266 e. The van der Waals surface area contributed by atoms with E-state index in [9.17, 15) is 17.6 Å². The maximum atomic E-state index is 13.4. The van der Waals surface area contributed by atoms with E-state index < -0.39 is 21.7 Å². The normalized spacial score (nSPS) is 11.1. The van der Waals surface area contributed by atoms with Crippen LogP contribution in [0.2, 0.25) is 0 Å². The van der Waals surface area contributed by atoms with Crippen molar-refractivity contribution in [2.75, 3.05) is 0 Å². The lowest BCUT2D eigenvalue weighted by Gasteiger charge is -2.08. The van der Waals surface area contributed by atoms with Crippen molar-refractivity contribution in [2.24, 2.45) is 0 Å². The second-order valence-electron chi connectivity index (χ2n) is 3.85. The molecule has 0 saturated heterocycles. The van der Waals surface area contributed by atoms with Crippen molar-refractivity contribution in [3.63, 3.8) is 0 Å². The average molecular weight is 405 g/mol. The number of amides is 1. The summed E-state index contributed by atoms with van der Waals surface area (Å²) in [5.74, 6) is -1.44. The molecule has 0 heterocycles. The number of carbonyl (C=O) groups is 1. The third-order valence-corrected chi connectivity index (χ3v) is 4.92. The number of rotatable bonds is 3. The van der Waals surface area contributed by atoms with Crippen molar-refractivity contribution in [1.82, 2.24) is 4.72 Å². The maximum absolute atomic E-state index is 13.4. The number of sulfonamides is 1. The van der Waals surface area contributed by atoms with Crippen LogP contribution in [0.15, 0.2) is 53.4 Å². The van der Waals surface area contributed by atoms with Gasteiger partial charge < -0.3 is 0 Å². The number of carbonyl (C=O) groups excluding carboxylic acids is 1. The lowest BCUT2D eigenvalue weighted by molar-refractivity contribution is 0.0980. The van der Waals surface area contributed by atoms with Crippen LogP contribution < -0.4 is 4.72 Å². The Morgan fingerprint density at radius 2 is 1.70 bits per heavy atom. The van der Waals surface area contributed by atoms with Gasteiger partial charge in [-0.3, -0.25) is 4.79 Å². The third-order valence-electron chi connectivity index (χ3n) is 2.48. The standard InChI is InChI=1S/C13H9FINO3S/c14-11-8-4-7-10(12(11)15)13(17)16-20(18,19)9-5-2-1-3-6-9/h1-8H,(H,16,17). The Hall–Kier alpha value is -1.48. The van der Waals surface area contributed by atoms with Crippen molar-refractivity contribution in [2.45, 2.75) is 4.90 Å². The summed E-state index contributed by atoms with van der Waals surface area (Å²) in [4.78, 5) is 11.9. The second-order valence-corrected chi connectivity index (χ2v) is 6.61. The van der Waals surface area contributed by atoms with Crippen LogP contribution >= 0.6 is 22.6 Å². The minimum absolute atomic E-state index is 0.0230. The summed E-state index contributed by atoms with van der Waals surface area (Å²) >= 11 is 1.66. The number of halogens is 2. The maximum Gasteiger partial charge on any atom is 0.266 e. The van der Waals surface area contributed by atoms with Crippen LogP contribution in [0.25, 0.3) is 0 Å². The number of hydrogen-bond donors (Lipinski definition) is 1.